The Kier molecular flexibility index (Phi) is 14.5. The number of halogens is 1. The largest absolute Gasteiger partial charge is 0.382 e. The summed E-state index contributed by atoms with van der Waals surface area (Å²) in [7, 11) is -0.679. The first-order valence-corrected chi connectivity index (χ1v) is 10.1. The summed E-state index contributed by atoms with van der Waals surface area (Å²) in [5.74, 6) is 1.65. The molecule has 0 bridgehead atoms. The summed E-state index contributed by atoms with van der Waals surface area (Å²) in [6, 6.07) is 0.388. The lowest BCUT2D eigenvalue weighted by Gasteiger charge is -2.30. The van der Waals surface area contributed by atoms with Gasteiger partial charge in [-0.3, -0.25) is 9.20 Å². The van der Waals surface area contributed by atoms with Crippen molar-refractivity contribution in [2.45, 2.75) is 64.2 Å². The lowest BCUT2D eigenvalue weighted by Crippen LogP contribution is -2.46. The molecule has 0 aliphatic heterocycles. The van der Waals surface area contributed by atoms with Crippen LogP contribution < -0.4 is 10.6 Å². The fourth-order valence-corrected chi connectivity index (χ4v) is 4.11. The summed E-state index contributed by atoms with van der Waals surface area (Å²) >= 11 is 0. The Morgan fingerprint density at radius 3 is 2.74 bits per heavy atom. The number of hydrogen-bond acceptors (Lipinski definition) is 3. The molecule has 1 aliphatic carbocycles. The van der Waals surface area contributed by atoms with Crippen LogP contribution in [-0.4, -0.2) is 53.5 Å². The maximum absolute atomic E-state index is 12.0. The average molecular weight is 459 g/mol. The van der Waals surface area contributed by atoms with Crippen LogP contribution in [-0.2, 0) is 15.5 Å². The molecule has 0 aromatic rings. The van der Waals surface area contributed by atoms with E-state index in [9.17, 15) is 4.21 Å². The maximum atomic E-state index is 12.0. The van der Waals surface area contributed by atoms with E-state index in [0.717, 1.165) is 70.1 Å². The second kappa shape index (κ2) is 14.5. The van der Waals surface area contributed by atoms with Crippen LogP contribution in [0.1, 0.15) is 52.9 Å². The second-order valence-electron chi connectivity index (χ2n) is 5.61. The predicted molar refractivity (Wildman–Crippen MR) is 110 cm³/mol. The Hall–Kier alpha value is 0.110. The number of ether oxygens (including phenoxy) is 1. The normalized spacial score (nSPS) is 23.0. The smallest absolute Gasteiger partial charge is 0.191 e. The van der Waals surface area contributed by atoms with Crippen molar-refractivity contribution in [1.82, 2.24) is 10.6 Å². The Balaban J connectivity index is 0.00000484. The highest BCUT2D eigenvalue weighted by atomic mass is 127. The molecule has 23 heavy (non-hydrogen) atoms. The van der Waals surface area contributed by atoms with Crippen molar-refractivity contribution in [3.63, 3.8) is 0 Å². The SMILES string of the molecule is CCNC(=NCCCOCC)NC1CCCC(S(=O)CC)C1.I. The Morgan fingerprint density at radius 2 is 2.09 bits per heavy atom. The van der Waals surface area contributed by atoms with Crippen LogP contribution >= 0.6 is 24.0 Å². The van der Waals surface area contributed by atoms with Gasteiger partial charge in [0.15, 0.2) is 5.96 Å². The van der Waals surface area contributed by atoms with E-state index in [2.05, 4.69) is 22.5 Å². The molecule has 2 N–H and O–H groups in total. The monoisotopic (exact) mass is 459 g/mol. The molecule has 0 radical (unpaired) electrons. The molecule has 0 spiro atoms. The summed E-state index contributed by atoms with van der Waals surface area (Å²) in [4.78, 5) is 4.61. The molecule has 0 aromatic carbocycles. The van der Waals surface area contributed by atoms with Gasteiger partial charge < -0.3 is 15.4 Å². The highest BCUT2D eigenvalue weighted by Crippen LogP contribution is 2.22. The summed E-state index contributed by atoms with van der Waals surface area (Å²) in [6.45, 7) is 9.25. The molecule has 1 aliphatic rings. The first-order chi connectivity index (χ1) is 10.7. The van der Waals surface area contributed by atoms with Crippen LogP contribution in [0.3, 0.4) is 0 Å². The van der Waals surface area contributed by atoms with E-state index in [1.54, 1.807) is 0 Å². The van der Waals surface area contributed by atoms with E-state index in [1.165, 1.54) is 0 Å². The molecule has 0 heterocycles. The molecule has 0 amide bonds. The Bertz CT molecular complexity index is 356. The number of guanidine groups is 1. The van der Waals surface area contributed by atoms with Gasteiger partial charge in [0.1, 0.15) is 0 Å². The second-order valence-corrected chi connectivity index (χ2v) is 7.62. The molecule has 0 aromatic heterocycles. The summed E-state index contributed by atoms with van der Waals surface area (Å²) in [6.07, 6.45) is 5.32. The van der Waals surface area contributed by atoms with Crippen LogP contribution in [0.5, 0.6) is 0 Å². The zero-order valence-electron chi connectivity index (χ0n) is 14.8. The van der Waals surface area contributed by atoms with E-state index in [0.29, 0.717) is 11.3 Å². The summed E-state index contributed by atoms with van der Waals surface area (Å²) < 4.78 is 17.4. The average Bonchev–Trinajstić information content (AvgIpc) is 2.54. The van der Waals surface area contributed by atoms with Gasteiger partial charge in [-0.15, -0.1) is 24.0 Å². The van der Waals surface area contributed by atoms with E-state index in [-0.39, 0.29) is 24.0 Å². The molecule has 3 unspecified atom stereocenters. The molecule has 3 atom stereocenters. The fourth-order valence-electron chi connectivity index (χ4n) is 2.77. The van der Waals surface area contributed by atoms with Gasteiger partial charge >= 0.3 is 0 Å². The molecule has 138 valence electrons. The Morgan fingerprint density at radius 1 is 1.30 bits per heavy atom. The van der Waals surface area contributed by atoms with Crippen LogP contribution in [0.25, 0.3) is 0 Å². The molecular formula is C16H34IN3O2S. The van der Waals surface area contributed by atoms with E-state index >= 15 is 0 Å². The van der Waals surface area contributed by atoms with Gasteiger partial charge in [-0.1, -0.05) is 13.3 Å². The highest BCUT2D eigenvalue weighted by molar-refractivity contribution is 14.0. The fraction of sp³-hybridized carbons (Fsp3) is 0.938. The van der Waals surface area contributed by atoms with Crippen molar-refractivity contribution < 1.29 is 8.95 Å². The predicted octanol–water partition coefficient (Wildman–Crippen LogP) is 2.67. The first-order valence-electron chi connectivity index (χ1n) is 8.70. The Labute approximate surface area is 161 Å². The van der Waals surface area contributed by atoms with E-state index in [4.69, 9.17) is 4.74 Å². The standard InChI is InChI=1S/C16H33N3O2S.HI/c1-4-17-16(18-11-8-12-21-5-2)19-14-9-7-10-15(13-14)22(20)6-3;/h14-15H,4-13H2,1-3H3,(H2,17,18,19);1H. The van der Waals surface area contributed by atoms with Crippen LogP contribution in [0.15, 0.2) is 4.99 Å². The molecule has 1 saturated carbocycles. The van der Waals surface area contributed by atoms with Crippen molar-refractivity contribution in [3.05, 3.63) is 0 Å². The van der Waals surface area contributed by atoms with E-state index in [1.807, 2.05) is 13.8 Å². The van der Waals surface area contributed by atoms with Gasteiger partial charge in [0.25, 0.3) is 0 Å². The summed E-state index contributed by atoms with van der Waals surface area (Å²) in [5.41, 5.74) is 0. The number of aliphatic imine (C=N–C) groups is 1. The topological polar surface area (TPSA) is 62.7 Å². The van der Waals surface area contributed by atoms with Crippen LogP contribution in [0.4, 0.5) is 0 Å². The van der Waals surface area contributed by atoms with Gasteiger partial charge in [-0.25, -0.2) is 0 Å². The maximum Gasteiger partial charge on any atom is 0.191 e. The zero-order valence-corrected chi connectivity index (χ0v) is 18.0. The third-order valence-electron chi connectivity index (χ3n) is 3.89. The number of nitrogens with zero attached hydrogens (tertiary/aromatic N) is 1. The third-order valence-corrected chi connectivity index (χ3v) is 5.63. The zero-order chi connectivity index (χ0) is 16.2. The minimum absolute atomic E-state index is 0. The van der Waals surface area contributed by atoms with Crippen molar-refractivity contribution >= 4 is 40.7 Å². The molecular weight excluding hydrogens is 425 g/mol. The molecule has 1 fully saturated rings. The van der Waals surface area contributed by atoms with Gasteiger partial charge in [0.05, 0.1) is 0 Å². The van der Waals surface area contributed by atoms with Crippen molar-refractivity contribution in [2.24, 2.45) is 4.99 Å². The number of nitrogens with one attached hydrogen (secondary N) is 2. The summed E-state index contributed by atoms with van der Waals surface area (Å²) in [5, 5.41) is 7.17. The highest BCUT2D eigenvalue weighted by Gasteiger charge is 2.25. The van der Waals surface area contributed by atoms with Gasteiger partial charge in [0, 0.05) is 54.1 Å². The molecule has 1 rings (SSSR count). The lowest BCUT2D eigenvalue weighted by molar-refractivity contribution is 0.146. The molecule has 5 nitrogen and oxygen atoms in total. The quantitative estimate of drug-likeness (QED) is 0.241. The van der Waals surface area contributed by atoms with Crippen molar-refractivity contribution in [3.8, 4) is 0 Å². The molecule has 7 heteroatoms. The van der Waals surface area contributed by atoms with Crippen LogP contribution in [0, 0.1) is 0 Å². The van der Waals surface area contributed by atoms with E-state index < -0.39 is 10.8 Å². The molecule has 0 saturated heterocycles. The minimum atomic E-state index is -0.679. The number of hydrogen-bond donors (Lipinski definition) is 2. The van der Waals surface area contributed by atoms with Gasteiger partial charge in [-0.05, 0) is 39.5 Å². The first kappa shape index (κ1) is 23.1. The van der Waals surface area contributed by atoms with Crippen molar-refractivity contribution in [1.29, 1.82) is 0 Å². The minimum Gasteiger partial charge on any atom is -0.382 e. The van der Waals surface area contributed by atoms with Gasteiger partial charge in [-0.2, -0.15) is 0 Å². The third kappa shape index (κ3) is 9.86. The van der Waals surface area contributed by atoms with Crippen LogP contribution in [0.2, 0.25) is 0 Å². The van der Waals surface area contributed by atoms with Crippen molar-refractivity contribution in [2.75, 3.05) is 32.1 Å². The van der Waals surface area contributed by atoms with Gasteiger partial charge in [0.2, 0.25) is 0 Å². The lowest BCUT2D eigenvalue weighted by atomic mass is 9.95. The number of rotatable bonds is 9.